The van der Waals surface area contributed by atoms with E-state index in [0.717, 1.165) is 18.2 Å². The summed E-state index contributed by atoms with van der Waals surface area (Å²) in [5, 5.41) is 12.4. The number of nitrogens with one attached hydrogen (secondary N) is 1. The molecule has 3 aliphatic rings. The maximum absolute atomic E-state index is 11.9. The second-order valence-electron chi connectivity index (χ2n) is 4.80. The molecular formula is C11H13N3O4S. The molecule has 0 aromatic carbocycles. The maximum atomic E-state index is 11.9. The minimum absolute atomic E-state index is 0.0133. The van der Waals surface area contributed by atoms with Crippen molar-refractivity contribution in [3.05, 3.63) is 10.6 Å². The Kier molecular flexibility index (Phi) is 2.79. The number of amides is 2. The highest BCUT2D eigenvalue weighted by Crippen LogP contribution is 2.49. The van der Waals surface area contributed by atoms with E-state index in [1.54, 1.807) is 0 Å². The summed E-state index contributed by atoms with van der Waals surface area (Å²) in [4.78, 5) is 36.2. The Hall–Kier alpha value is -1.54. The molecule has 2 saturated heterocycles. The maximum Gasteiger partial charge on any atom is 0.353 e. The SMILES string of the molecule is NC(=O)CSC1=C(C(=O)O)N2C(=O)[C@H]3NCCC1[C@H]32. The second-order valence-corrected chi connectivity index (χ2v) is 5.82. The topological polar surface area (TPSA) is 113 Å². The first-order chi connectivity index (χ1) is 9.02. The third-order valence-electron chi connectivity index (χ3n) is 3.76. The average molecular weight is 283 g/mol. The van der Waals surface area contributed by atoms with Crippen LogP contribution in [0.1, 0.15) is 6.42 Å². The summed E-state index contributed by atoms with van der Waals surface area (Å²) in [5.74, 6) is -1.75. The zero-order valence-electron chi connectivity index (χ0n) is 9.96. The molecule has 19 heavy (non-hydrogen) atoms. The van der Waals surface area contributed by atoms with Crippen LogP contribution in [-0.4, -0.2) is 52.2 Å². The third-order valence-corrected chi connectivity index (χ3v) is 4.99. The molecule has 0 radical (unpaired) electrons. The van der Waals surface area contributed by atoms with Crippen LogP contribution in [0.4, 0.5) is 0 Å². The van der Waals surface area contributed by atoms with Gasteiger partial charge in [-0.2, -0.15) is 0 Å². The van der Waals surface area contributed by atoms with Crippen molar-refractivity contribution in [2.75, 3.05) is 12.3 Å². The van der Waals surface area contributed by atoms with Gasteiger partial charge >= 0.3 is 5.97 Å². The van der Waals surface area contributed by atoms with E-state index in [0.29, 0.717) is 11.4 Å². The van der Waals surface area contributed by atoms with Crippen LogP contribution in [-0.2, 0) is 14.4 Å². The molecule has 3 atom stereocenters. The molecule has 7 nitrogen and oxygen atoms in total. The zero-order chi connectivity index (χ0) is 13.7. The lowest BCUT2D eigenvalue weighted by Crippen LogP contribution is -2.71. The quantitative estimate of drug-likeness (QED) is 0.553. The molecule has 3 heterocycles. The average Bonchev–Trinajstić information content (AvgIpc) is 2.69. The van der Waals surface area contributed by atoms with E-state index in [1.165, 1.54) is 4.90 Å². The lowest BCUT2D eigenvalue weighted by atomic mass is 9.82. The molecule has 0 saturated carbocycles. The lowest BCUT2D eigenvalue weighted by Gasteiger charge is -2.48. The molecule has 1 unspecified atom stereocenters. The molecule has 3 rings (SSSR count). The molecule has 2 fully saturated rings. The van der Waals surface area contributed by atoms with Crippen LogP contribution in [0.15, 0.2) is 10.6 Å². The molecular weight excluding hydrogens is 270 g/mol. The number of carboxylic acid groups (broad SMARTS) is 1. The van der Waals surface area contributed by atoms with E-state index in [4.69, 9.17) is 5.73 Å². The van der Waals surface area contributed by atoms with Crippen molar-refractivity contribution in [1.29, 1.82) is 0 Å². The number of carbonyl (C=O) groups is 3. The first-order valence-corrected chi connectivity index (χ1v) is 6.96. The smallest absolute Gasteiger partial charge is 0.353 e. The van der Waals surface area contributed by atoms with Crippen molar-refractivity contribution in [3.63, 3.8) is 0 Å². The molecule has 0 spiro atoms. The number of rotatable bonds is 4. The van der Waals surface area contributed by atoms with Gasteiger partial charge in [0, 0.05) is 10.8 Å². The molecule has 0 aliphatic carbocycles. The highest BCUT2D eigenvalue weighted by Gasteiger charge is 2.61. The fourth-order valence-corrected chi connectivity index (χ4v) is 4.16. The van der Waals surface area contributed by atoms with Gasteiger partial charge in [-0.15, -0.1) is 11.8 Å². The van der Waals surface area contributed by atoms with Gasteiger partial charge in [0.25, 0.3) is 0 Å². The number of thioether (sulfide) groups is 1. The molecule has 4 N–H and O–H groups in total. The number of nitrogens with zero attached hydrogens (tertiary/aromatic N) is 1. The normalized spacial score (nSPS) is 32.1. The van der Waals surface area contributed by atoms with Gasteiger partial charge in [0.2, 0.25) is 11.8 Å². The summed E-state index contributed by atoms with van der Waals surface area (Å²) in [5.41, 5.74) is 5.14. The number of primary amides is 1. The van der Waals surface area contributed by atoms with E-state index >= 15 is 0 Å². The van der Waals surface area contributed by atoms with Gasteiger partial charge < -0.3 is 16.2 Å². The minimum atomic E-state index is -1.12. The van der Waals surface area contributed by atoms with Crippen molar-refractivity contribution in [2.45, 2.75) is 18.5 Å². The van der Waals surface area contributed by atoms with Gasteiger partial charge in [-0.1, -0.05) is 0 Å². The third kappa shape index (κ3) is 1.67. The number of carboxylic acids is 1. The summed E-state index contributed by atoms with van der Waals surface area (Å²) >= 11 is 1.15. The predicted molar refractivity (Wildman–Crippen MR) is 66.8 cm³/mol. The standard InChI is InChI=1S/C11H13N3O4S/c12-5(15)3-19-9-4-1-2-13-6-7(4)14(10(6)16)8(9)11(17)18/h4,6-7,13H,1-3H2,(H2,12,15)(H,17,18)/t4?,6-,7+/m0/s1. The Balaban J connectivity index is 1.95. The van der Waals surface area contributed by atoms with Gasteiger partial charge in [0.15, 0.2) is 0 Å². The van der Waals surface area contributed by atoms with E-state index in [9.17, 15) is 19.5 Å². The largest absolute Gasteiger partial charge is 0.477 e. The number of piperidine rings is 1. The van der Waals surface area contributed by atoms with Crippen LogP contribution in [0.5, 0.6) is 0 Å². The number of carbonyl (C=O) groups excluding carboxylic acids is 2. The Morgan fingerprint density at radius 1 is 1.53 bits per heavy atom. The van der Waals surface area contributed by atoms with Gasteiger partial charge in [-0.05, 0) is 13.0 Å². The number of nitrogens with two attached hydrogens (primary N) is 1. The fraction of sp³-hybridized carbons (Fsp3) is 0.545. The number of aliphatic carboxylic acids is 1. The summed E-state index contributed by atoms with van der Waals surface area (Å²) in [6.07, 6.45) is 0.767. The van der Waals surface area contributed by atoms with Crippen molar-refractivity contribution in [3.8, 4) is 0 Å². The Morgan fingerprint density at radius 3 is 2.89 bits per heavy atom. The molecule has 0 bridgehead atoms. The van der Waals surface area contributed by atoms with Crippen LogP contribution >= 0.6 is 11.8 Å². The van der Waals surface area contributed by atoms with Crippen LogP contribution in [0.3, 0.4) is 0 Å². The second kappa shape index (κ2) is 4.24. The molecule has 8 heteroatoms. The molecule has 2 amide bonds. The van der Waals surface area contributed by atoms with Gasteiger partial charge in [0.05, 0.1) is 11.8 Å². The predicted octanol–water partition coefficient (Wildman–Crippen LogP) is -1.30. The Labute approximate surface area is 113 Å². The first kappa shape index (κ1) is 12.5. The molecule has 0 aromatic heterocycles. The minimum Gasteiger partial charge on any atom is -0.477 e. The van der Waals surface area contributed by atoms with E-state index in [-0.39, 0.29) is 35.4 Å². The van der Waals surface area contributed by atoms with Gasteiger partial charge in [-0.25, -0.2) is 4.79 Å². The zero-order valence-corrected chi connectivity index (χ0v) is 10.8. The number of hydrogen-bond acceptors (Lipinski definition) is 5. The van der Waals surface area contributed by atoms with E-state index < -0.39 is 11.9 Å². The lowest BCUT2D eigenvalue weighted by molar-refractivity contribution is -0.154. The van der Waals surface area contributed by atoms with Crippen molar-refractivity contribution in [2.24, 2.45) is 11.7 Å². The Morgan fingerprint density at radius 2 is 2.26 bits per heavy atom. The van der Waals surface area contributed by atoms with Crippen molar-refractivity contribution in [1.82, 2.24) is 10.2 Å². The number of hydrogen-bond donors (Lipinski definition) is 3. The van der Waals surface area contributed by atoms with Crippen molar-refractivity contribution >= 4 is 29.5 Å². The monoisotopic (exact) mass is 283 g/mol. The summed E-state index contributed by atoms with van der Waals surface area (Å²) in [6.45, 7) is 0.680. The van der Waals surface area contributed by atoms with Crippen LogP contribution in [0, 0.1) is 5.92 Å². The Bertz CT molecular complexity index is 518. The van der Waals surface area contributed by atoms with Gasteiger partial charge in [-0.3, -0.25) is 14.5 Å². The van der Waals surface area contributed by atoms with Crippen LogP contribution in [0.2, 0.25) is 0 Å². The van der Waals surface area contributed by atoms with Crippen LogP contribution < -0.4 is 11.1 Å². The first-order valence-electron chi connectivity index (χ1n) is 5.97. The van der Waals surface area contributed by atoms with Gasteiger partial charge in [0.1, 0.15) is 11.7 Å². The summed E-state index contributed by atoms with van der Waals surface area (Å²) in [7, 11) is 0. The fourth-order valence-electron chi connectivity index (χ4n) is 3.07. The molecule has 102 valence electrons. The molecule has 0 aromatic rings. The summed E-state index contributed by atoms with van der Waals surface area (Å²) in [6, 6.07) is -0.387. The summed E-state index contributed by atoms with van der Waals surface area (Å²) < 4.78 is 0. The number of β-lactam (4-membered cyclic amide) rings is 1. The van der Waals surface area contributed by atoms with E-state index in [1.807, 2.05) is 0 Å². The highest BCUT2D eigenvalue weighted by atomic mass is 32.2. The molecule has 3 aliphatic heterocycles. The van der Waals surface area contributed by atoms with E-state index in [2.05, 4.69) is 5.32 Å². The highest BCUT2D eigenvalue weighted by molar-refractivity contribution is 8.03. The van der Waals surface area contributed by atoms with Crippen molar-refractivity contribution < 1.29 is 19.5 Å². The van der Waals surface area contributed by atoms with Crippen LogP contribution in [0.25, 0.3) is 0 Å².